The van der Waals surface area contributed by atoms with Gasteiger partial charge < -0.3 is 21.7 Å². The lowest BCUT2D eigenvalue weighted by atomic mass is 10.2. The van der Waals surface area contributed by atoms with Crippen molar-refractivity contribution in [2.75, 3.05) is 12.8 Å². The van der Waals surface area contributed by atoms with Crippen molar-refractivity contribution in [3.63, 3.8) is 0 Å². The number of likely N-dealkylation sites (N-methyl/N-ethyl adjacent to an activating group) is 1. The van der Waals surface area contributed by atoms with Crippen LogP contribution in [0.5, 0.6) is 0 Å². The number of nitrogen functional groups attached to an aromatic ring is 1. The number of hydrogen-bond acceptors (Lipinski definition) is 7. The molecule has 2 aromatic heterocycles. The fourth-order valence-electron chi connectivity index (χ4n) is 2.84. The van der Waals surface area contributed by atoms with Crippen LogP contribution in [0.1, 0.15) is 17.7 Å². The molecule has 1 unspecified atom stereocenters. The number of thiophene rings is 1. The number of anilines is 1. The minimum Gasteiger partial charge on any atom is -0.395 e. The standard InChI is InChI=1S/C17H20N6O2S/c1-23-13(2-3-16(23)21-7-11(18)9-24)17(25)22-8-12-4-10-6-20-15(19)5-14(10)26-12/h4-7,9,13H,2-3,8,18H2,1H3,(H2,19,20)(H,22,25)/b11-7+,21-16?. The normalized spacial score (nSPS) is 19.3. The van der Waals surface area contributed by atoms with Crippen molar-refractivity contribution < 1.29 is 9.59 Å². The van der Waals surface area contributed by atoms with E-state index in [0.29, 0.717) is 31.5 Å². The van der Waals surface area contributed by atoms with Crippen molar-refractivity contribution in [2.45, 2.75) is 25.4 Å². The van der Waals surface area contributed by atoms with Crippen LogP contribution in [-0.4, -0.2) is 41.0 Å². The summed E-state index contributed by atoms with van der Waals surface area (Å²) < 4.78 is 1.05. The van der Waals surface area contributed by atoms with Crippen LogP contribution in [0.4, 0.5) is 5.82 Å². The van der Waals surface area contributed by atoms with Crippen molar-refractivity contribution in [3.8, 4) is 0 Å². The number of hydrogen-bond donors (Lipinski definition) is 3. The molecule has 3 heterocycles. The van der Waals surface area contributed by atoms with Crippen molar-refractivity contribution in [1.29, 1.82) is 0 Å². The number of likely N-dealkylation sites (tertiary alicyclic amines) is 1. The Morgan fingerprint density at radius 2 is 2.35 bits per heavy atom. The number of allylic oxidation sites excluding steroid dienone is 1. The van der Waals surface area contributed by atoms with Crippen molar-refractivity contribution in [2.24, 2.45) is 10.7 Å². The number of amides is 1. The van der Waals surface area contributed by atoms with Gasteiger partial charge in [-0.05, 0) is 18.6 Å². The van der Waals surface area contributed by atoms with Gasteiger partial charge in [0.1, 0.15) is 17.7 Å². The molecule has 0 aromatic carbocycles. The summed E-state index contributed by atoms with van der Waals surface area (Å²) in [5, 5.41) is 3.98. The first-order chi connectivity index (χ1) is 12.5. The summed E-state index contributed by atoms with van der Waals surface area (Å²) in [4.78, 5) is 34.1. The molecule has 1 saturated heterocycles. The molecular weight excluding hydrogens is 352 g/mol. The second-order valence-corrected chi connectivity index (χ2v) is 7.20. The van der Waals surface area contributed by atoms with Crippen LogP contribution < -0.4 is 16.8 Å². The van der Waals surface area contributed by atoms with Gasteiger partial charge in [0.2, 0.25) is 5.91 Å². The number of pyridine rings is 1. The van der Waals surface area contributed by atoms with Gasteiger partial charge in [0, 0.05) is 34.6 Å². The van der Waals surface area contributed by atoms with E-state index in [9.17, 15) is 9.59 Å². The molecule has 0 bridgehead atoms. The summed E-state index contributed by atoms with van der Waals surface area (Å²) in [6.07, 6.45) is 4.92. The Balaban J connectivity index is 1.62. The number of aliphatic imine (C=N–C) groups is 1. The monoisotopic (exact) mass is 372 g/mol. The second kappa shape index (κ2) is 7.52. The highest BCUT2D eigenvalue weighted by molar-refractivity contribution is 7.19. The molecule has 3 rings (SSSR count). The van der Waals surface area contributed by atoms with Gasteiger partial charge in [0.05, 0.1) is 18.4 Å². The minimum absolute atomic E-state index is 0.0543. The van der Waals surface area contributed by atoms with E-state index < -0.39 is 0 Å². The summed E-state index contributed by atoms with van der Waals surface area (Å²) >= 11 is 1.58. The van der Waals surface area contributed by atoms with Gasteiger partial charge in [-0.3, -0.25) is 9.59 Å². The van der Waals surface area contributed by atoms with Crippen LogP contribution >= 0.6 is 11.3 Å². The summed E-state index contributed by atoms with van der Waals surface area (Å²) in [6, 6.07) is 3.55. The Labute approximate surface area is 154 Å². The minimum atomic E-state index is -0.286. The number of aldehydes is 1. The smallest absolute Gasteiger partial charge is 0.243 e. The highest BCUT2D eigenvalue weighted by Gasteiger charge is 2.31. The van der Waals surface area contributed by atoms with Gasteiger partial charge in [-0.1, -0.05) is 0 Å². The molecule has 1 aliphatic rings. The lowest BCUT2D eigenvalue weighted by molar-refractivity contribution is -0.124. The molecule has 136 valence electrons. The van der Waals surface area contributed by atoms with Crippen LogP contribution in [0.3, 0.4) is 0 Å². The number of amidine groups is 1. The van der Waals surface area contributed by atoms with E-state index in [1.54, 1.807) is 17.5 Å². The zero-order valence-corrected chi connectivity index (χ0v) is 15.1. The number of carbonyl (C=O) groups excluding carboxylic acids is 2. The maximum absolute atomic E-state index is 12.5. The lowest BCUT2D eigenvalue weighted by Gasteiger charge is -2.20. The first kappa shape index (κ1) is 17.9. The number of nitrogens with two attached hydrogens (primary N) is 2. The molecule has 9 heteroatoms. The largest absolute Gasteiger partial charge is 0.395 e. The Hall–Kier alpha value is -2.94. The molecule has 1 fully saturated rings. The maximum Gasteiger partial charge on any atom is 0.243 e. The highest BCUT2D eigenvalue weighted by atomic mass is 32.1. The summed E-state index contributed by atoms with van der Waals surface area (Å²) in [6.45, 7) is 0.451. The number of nitrogens with zero attached hydrogens (tertiary/aromatic N) is 3. The Morgan fingerprint density at radius 1 is 1.54 bits per heavy atom. The Morgan fingerprint density at radius 3 is 3.12 bits per heavy atom. The summed E-state index contributed by atoms with van der Waals surface area (Å²) in [7, 11) is 1.81. The number of aromatic nitrogens is 1. The third-order valence-corrected chi connectivity index (χ3v) is 5.33. The zero-order chi connectivity index (χ0) is 18.7. The number of nitrogens with one attached hydrogen (secondary N) is 1. The summed E-state index contributed by atoms with van der Waals surface area (Å²) in [5.41, 5.74) is 11.2. The average Bonchev–Trinajstić information content (AvgIpc) is 3.20. The Bertz CT molecular complexity index is 904. The second-order valence-electron chi connectivity index (χ2n) is 6.04. The number of rotatable bonds is 5. The predicted molar refractivity (Wildman–Crippen MR) is 102 cm³/mol. The average molecular weight is 372 g/mol. The van der Waals surface area contributed by atoms with E-state index in [1.165, 1.54) is 6.20 Å². The van der Waals surface area contributed by atoms with Gasteiger partial charge in [-0.25, -0.2) is 9.98 Å². The van der Waals surface area contributed by atoms with E-state index in [0.717, 1.165) is 20.8 Å². The fourth-order valence-corrected chi connectivity index (χ4v) is 3.86. The van der Waals surface area contributed by atoms with Gasteiger partial charge in [-0.15, -0.1) is 11.3 Å². The number of carbonyl (C=O) groups is 2. The van der Waals surface area contributed by atoms with Gasteiger partial charge in [-0.2, -0.15) is 0 Å². The van der Waals surface area contributed by atoms with Crippen molar-refractivity contribution >= 4 is 45.3 Å². The molecule has 2 aromatic rings. The molecule has 1 amide bonds. The zero-order valence-electron chi connectivity index (χ0n) is 14.3. The van der Waals surface area contributed by atoms with E-state index in [1.807, 2.05) is 24.1 Å². The third-order valence-electron chi connectivity index (χ3n) is 4.23. The molecule has 0 saturated carbocycles. The molecule has 1 atom stereocenters. The van der Waals surface area contributed by atoms with Crippen LogP contribution in [0, 0.1) is 0 Å². The fraction of sp³-hybridized carbons (Fsp3) is 0.294. The maximum atomic E-state index is 12.5. The van der Waals surface area contributed by atoms with Crippen LogP contribution in [0.15, 0.2) is 35.2 Å². The van der Waals surface area contributed by atoms with Crippen LogP contribution in [-0.2, 0) is 16.1 Å². The van der Waals surface area contributed by atoms with E-state index >= 15 is 0 Å². The third kappa shape index (κ3) is 3.83. The molecule has 0 spiro atoms. The molecular formula is C17H20N6O2S. The van der Waals surface area contributed by atoms with E-state index in [4.69, 9.17) is 11.5 Å². The first-order valence-electron chi connectivity index (χ1n) is 8.10. The van der Waals surface area contributed by atoms with Crippen LogP contribution in [0.25, 0.3) is 10.1 Å². The molecule has 5 N–H and O–H groups in total. The molecule has 0 aliphatic carbocycles. The Kier molecular flexibility index (Phi) is 5.17. The summed E-state index contributed by atoms with van der Waals surface area (Å²) in [5.74, 6) is 1.16. The van der Waals surface area contributed by atoms with Crippen LogP contribution in [0.2, 0.25) is 0 Å². The van der Waals surface area contributed by atoms with E-state index in [-0.39, 0.29) is 17.6 Å². The molecule has 1 aliphatic heterocycles. The molecule has 0 radical (unpaired) electrons. The predicted octanol–water partition coefficient (Wildman–Crippen LogP) is 0.986. The topological polar surface area (TPSA) is 127 Å². The lowest BCUT2D eigenvalue weighted by Crippen LogP contribution is -2.42. The molecule has 26 heavy (non-hydrogen) atoms. The SMILES string of the molecule is CN1C(=N/C=C(/N)C=O)CCC1C(=O)NCc1cc2cnc(N)cc2s1. The van der Waals surface area contributed by atoms with Crippen molar-refractivity contribution in [1.82, 2.24) is 15.2 Å². The van der Waals surface area contributed by atoms with Gasteiger partial charge in [0.25, 0.3) is 0 Å². The quantitative estimate of drug-likeness (QED) is 0.530. The first-order valence-corrected chi connectivity index (χ1v) is 8.91. The van der Waals surface area contributed by atoms with Crippen molar-refractivity contribution in [3.05, 3.63) is 35.1 Å². The van der Waals surface area contributed by atoms with Gasteiger partial charge in [0.15, 0.2) is 6.29 Å². The number of fused-ring (bicyclic) bond motifs is 1. The van der Waals surface area contributed by atoms with Gasteiger partial charge >= 0.3 is 0 Å². The molecule has 8 nitrogen and oxygen atoms in total. The van der Waals surface area contributed by atoms with E-state index in [2.05, 4.69) is 15.3 Å². The highest BCUT2D eigenvalue weighted by Crippen LogP contribution is 2.26.